The second kappa shape index (κ2) is 7.20. The third-order valence-corrected chi connectivity index (χ3v) is 4.95. The van der Waals surface area contributed by atoms with Gasteiger partial charge in [-0.25, -0.2) is 0 Å². The minimum absolute atomic E-state index is 0.0903. The molecule has 0 aliphatic carbocycles. The van der Waals surface area contributed by atoms with Crippen LogP contribution in [0, 0.1) is 0 Å². The molecule has 2 heterocycles. The number of phenols is 1. The van der Waals surface area contributed by atoms with Crippen LogP contribution in [0.2, 0.25) is 0 Å². The van der Waals surface area contributed by atoms with Crippen LogP contribution in [-0.4, -0.2) is 34.5 Å². The van der Waals surface area contributed by atoms with Crippen LogP contribution in [0.15, 0.2) is 39.9 Å². The standard InChI is InChI=1S/C17H15NO5S2/c1-21-12-6-10(7-13(22-2)15(12)19)8-14-16(20)18(17(24)25-14)9-11-4-3-5-23-11/h3-8,19H,9H2,1-2H3/b14-8-. The molecule has 0 radical (unpaired) electrons. The first-order valence-corrected chi connectivity index (χ1v) is 8.48. The molecule has 6 nitrogen and oxygen atoms in total. The molecule has 1 fully saturated rings. The highest BCUT2D eigenvalue weighted by Crippen LogP contribution is 2.39. The predicted molar refractivity (Wildman–Crippen MR) is 98.6 cm³/mol. The number of benzene rings is 1. The third kappa shape index (κ3) is 3.49. The lowest BCUT2D eigenvalue weighted by Gasteiger charge is -2.12. The largest absolute Gasteiger partial charge is 0.502 e. The summed E-state index contributed by atoms with van der Waals surface area (Å²) in [6, 6.07) is 6.80. The molecule has 1 aliphatic rings. The fourth-order valence-corrected chi connectivity index (χ4v) is 3.60. The zero-order valence-corrected chi connectivity index (χ0v) is 15.1. The van der Waals surface area contributed by atoms with E-state index in [1.807, 2.05) is 0 Å². The van der Waals surface area contributed by atoms with Crippen molar-refractivity contribution in [1.29, 1.82) is 0 Å². The number of rotatable bonds is 5. The van der Waals surface area contributed by atoms with Gasteiger partial charge in [0.15, 0.2) is 11.5 Å². The number of methoxy groups -OCH3 is 2. The van der Waals surface area contributed by atoms with Crippen LogP contribution in [0.1, 0.15) is 11.3 Å². The fraction of sp³-hybridized carbons (Fsp3) is 0.176. The molecule has 0 bridgehead atoms. The Hall–Kier alpha value is -2.45. The summed E-state index contributed by atoms with van der Waals surface area (Å²) in [5, 5.41) is 9.97. The molecule has 0 spiro atoms. The van der Waals surface area contributed by atoms with E-state index in [0.717, 1.165) is 0 Å². The van der Waals surface area contributed by atoms with Crippen LogP contribution in [0.25, 0.3) is 6.08 Å². The van der Waals surface area contributed by atoms with Crippen molar-refractivity contribution in [1.82, 2.24) is 4.90 Å². The number of aromatic hydroxyl groups is 1. The molecule has 3 rings (SSSR count). The number of phenolic OH excluding ortho intramolecular Hbond substituents is 1. The van der Waals surface area contributed by atoms with Gasteiger partial charge in [-0.3, -0.25) is 9.69 Å². The first-order valence-electron chi connectivity index (χ1n) is 7.26. The van der Waals surface area contributed by atoms with Crippen molar-refractivity contribution in [3.05, 3.63) is 46.8 Å². The van der Waals surface area contributed by atoms with Crippen LogP contribution in [-0.2, 0) is 11.3 Å². The van der Waals surface area contributed by atoms with Crippen molar-refractivity contribution in [3.8, 4) is 17.2 Å². The van der Waals surface area contributed by atoms with Gasteiger partial charge in [-0.15, -0.1) is 0 Å². The van der Waals surface area contributed by atoms with Crippen LogP contribution in [0.5, 0.6) is 17.2 Å². The topological polar surface area (TPSA) is 72.1 Å². The quantitative estimate of drug-likeness (QED) is 0.632. The van der Waals surface area contributed by atoms with Gasteiger partial charge in [-0.1, -0.05) is 24.0 Å². The van der Waals surface area contributed by atoms with Gasteiger partial charge in [0.2, 0.25) is 5.75 Å². The van der Waals surface area contributed by atoms with Crippen LogP contribution < -0.4 is 9.47 Å². The number of amides is 1. The van der Waals surface area contributed by atoms with Crippen LogP contribution in [0.4, 0.5) is 0 Å². The molecule has 0 atom stereocenters. The van der Waals surface area contributed by atoms with Gasteiger partial charge in [0.05, 0.1) is 31.9 Å². The summed E-state index contributed by atoms with van der Waals surface area (Å²) in [4.78, 5) is 14.6. The normalized spacial score (nSPS) is 15.9. The highest BCUT2D eigenvalue weighted by molar-refractivity contribution is 8.26. The number of thioether (sulfide) groups is 1. The molecule has 1 amide bonds. The molecule has 2 aromatic rings. The average molecular weight is 377 g/mol. The van der Waals surface area contributed by atoms with E-state index >= 15 is 0 Å². The Labute approximate surface area is 154 Å². The van der Waals surface area contributed by atoms with Gasteiger partial charge >= 0.3 is 0 Å². The lowest BCUT2D eigenvalue weighted by molar-refractivity contribution is -0.122. The van der Waals surface area contributed by atoms with E-state index in [4.69, 9.17) is 26.1 Å². The first kappa shape index (κ1) is 17.4. The van der Waals surface area contributed by atoms with E-state index in [0.29, 0.717) is 20.5 Å². The summed E-state index contributed by atoms with van der Waals surface area (Å²) in [6.07, 6.45) is 3.24. The summed E-state index contributed by atoms with van der Waals surface area (Å²) < 4.78 is 16.0. The minimum atomic E-state index is -0.197. The molecule has 1 saturated heterocycles. The molecule has 8 heteroatoms. The smallest absolute Gasteiger partial charge is 0.266 e. The zero-order valence-electron chi connectivity index (χ0n) is 13.5. The summed E-state index contributed by atoms with van der Waals surface area (Å²) in [7, 11) is 2.89. The molecule has 0 unspecified atom stereocenters. The van der Waals surface area contributed by atoms with Gasteiger partial charge in [0.25, 0.3) is 5.91 Å². The molecule has 25 heavy (non-hydrogen) atoms. The number of thiocarbonyl (C=S) groups is 1. The first-order chi connectivity index (χ1) is 12.0. The van der Waals surface area contributed by atoms with Gasteiger partial charge < -0.3 is 19.0 Å². The Morgan fingerprint density at radius 3 is 2.56 bits per heavy atom. The highest BCUT2D eigenvalue weighted by atomic mass is 32.2. The molecule has 1 aliphatic heterocycles. The van der Waals surface area contributed by atoms with Crippen molar-refractivity contribution < 1.29 is 23.8 Å². The Morgan fingerprint density at radius 2 is 2.00 bits per heavy atom. The van der Waals surface area contributed by atoms with E-state index in [9.17, 15) is 9.90 Å². The summed E-state index contributed by atoms with van der Waals surface area (Å²) >= 11 is 6.51. The highest BCUT2D eigenvalue weighted by Gasteiger charge is 2.32. The van der Waals surface area contributed by atoms with Gasteiger partial charge in [0.1, 0.15) is 10.1 Å². The van der Waals surface area contributed by atoms with Crippen LogP contribution >= 0.6 is 24.0 Å². The maximum absolute atomic E-state index is 12.6. The Bertz CT molecular complexity index is 820. The van der Waals surface area contributed by atoms with Crippen molar-refractivity contribution in [2.45, 2.75) is 6.54 Å². The summed E-state index contributed by atoms with van der Waals surface area (Å²) in [5.74, 6) is 0.892. The number of carbonyl (C=O) groups excluding carboxylic acids is 1. The number of nitrogens with zero attached hydrogens (tertiary/aromatic N) is 1. The molecule has 130 valence electrons. The lowest BCUT2D eigenvalue weighted by atomic mass is 10.1. The van der Waals surface area contributed by atoms with Crippen LogP contribution in [0.3, 0.4) is 0 Å². The minimum Gasteiger partial charge on any atom is -0.502 e. The lowest BCUT2D eigenvalue weighted by Crippen LogP contribution is -2.27. The summed E-state index contributed by atoms with van der Waals surface area (Å²) in [5.41, 5.74) is 0.657. The molecule has 1 aromatic heterocycles. The van der Waals surface area contributed by atoms with Gasteiger partial charge in [-0.2, -0.15) is 0 Å². The van der Waals surface area contributed by atoms with E-state index in [1.54, 1.807) is 36.6 Å². The molecule has 1 N–H and O–H groups in total. The number of hydrogen-bond acceptors (Lipinski definition) is 7. The number of hydrogen-bond donors (Lipinski definition) is 1. The molecule has 1 aromatic carbocycles. The van der Waals surface area contributed by atoms with E-state index < -0.39 is 0 Å². The Kier molecular flexibility index (Phi) is 5.00. The Morgan fingerprint density at radius 1 is 1.32 bits per heavy atom. The average Bonchev–Trinajstić information content (AvgIpc) is 3.20. The van der Waals surface area contributed by atoms with Crippen molar-refractivity contribution in [2.24, 2.45) is 0 Å². The van der Waals surface area contributed by atoms with E-state index in [2.05, 4.69) is 0 Å². The van der Waals surface area contributed by atoms with E-state index in [1.165, 1.54) is 30.9 Å². The number of ether oxygens (including phenoxy) is 2. The molecular formula is C17H15NO5S2. The summed E-state index contributed by atoms with van der Waals surface area (Å²) in [6.45, 7) is 0.289. The maximum atomic E-state index is 12.6. The Balaban J connectivity index is 1.89. The van der Waals surface area contributed by atoms with Gasteiger partial charge in [0, 0.05) is 0 Å². The fourth-order valence-electron chi connectivity index (χ4n) is 2.34. The third-order valence-electron chi connectivity index (χ3n) is 3.57. The van der Waals surface area contributed by atoms with Gasteiger partial charge in [-0.05, 0) is 35.9 Å². The van der Waals surface area contributed by atoms with Crippen molar-refractivity contribution in [2.75, 3.05) is 14.2 Å². The second-order valence-electron chi connectivity index (χ2n) is 5.12. The van der Waals surface area contributed by atoms with Crippen molar-refractivity contribution >= 4 is 40.3 Å². The molecule has 0 saturated carbocycles. The SMILES string of the molecule is COc1cc(/C=C2\SC(=S)N(Cc3ccco3)C2=O)cc(OC)c1O. The predicted octanol–water partition coefficient (Wildman–Crippen LogP) is 3.40. The van der Waals surface area contributed by atoms with Crippen molar-refractivity contribution in [3.63, 3.8) is 0 Å². The zero-order chi connectivity index (χ0) is 18.0. The monoisotopic (exact) mass is 377 g/mol. The van der Waals surface area contributed by atoms with E-state index in [-0.39, 0.29) is 29.7 Å². The number of furan rings is 1. The molecular weight excluding hydrogens is 362 g/mol. The number of carbonyl (C=O) groups is 1. The maximum Gasteiger partial charge on any atom is 0.266 e. The second-order valence-corrected chi connectivity index (χ2v) is 6.80.